The van der Waals surface area contributed by atoms with E-state index in [-0.39, 0.29) is 11.5 Å². The lowest BCUT2D eigenvalue weighted by Crippen LogP contribution is -2.12. The first-order valence-electron chi connectivity index (χ1n) is 6.28. The Balaban J connectivity index is 1.66. The SMILES string of the molecule is O=C(Oc1ccccc1Cl)C1=COC(c2ccccc2)O1. The monoisotopic (exact) mass is 302 g/mol. The zero-order valence-corrected chi connectivity index (χ0v) is 11.6. The highest BCUT2D eigenvalue weighted by atomic mass is 35.5. The molecule has 0 aliphatic carbocycles. The second-order valence-corrected chi connectivity index (χ2v) is 4.71. The van der Waals surface area contributed by atoms with Crippen LogP contribution in [0.3, 0.4) is 0 Å². The minimum absolute atomic E-state index is 0.00349. The van der Waals surface area contributed by atoms with E-state index < -0.39 is 12.3 Å². The maximum Gasteiger partial charge on any atom is 0.382 e. The largest absolute Gasteiger partial charge is 0.454 e. The molecule has 106 valence electrons. The maximum absolute atomic E-state index is 12.0. The molecule has 0 fully saturated rings. The summed E-state index contributed by atoms with van der Waals surface area (Å²) in [5, 5.41) is 0.352. The van der Waals surface area contributed by atoms with Crippen molar-refractivity contribution in [1.29, 1.82) is 0 Å². The van der Waals surface area contributed by atoms with Crippen LogP contribution in [0.2, 0.25) is 5.02 Å². The molecule has 5 heteroatoms. The minimum atomic E-state index is -0.651. The number of esters is 1. The van der Waals surface area contributed by atoms with Gasteiger partial charge in [0.2, 0.25) is 5.76 Å². The molecule has 3 rings (SSSR count). The van der Waals surface area contributed by atoms with Crippen molar-refractivity contribution in [1.82, 2.24) is 0 Å². The van der Waals surface area contributed by atoms with Crippen molar-refractivity contribution in [2.24, 2.45) is 0 Å². The van der Waals surface area contributed by atoms with Gasteiger partial charge in [0, 0.05) is 5.56 Å². The molecular weight excluding hydrogens is 292 g/mol. The zero-order chi connectivity index (χ0) is 14.7. The Labute approximate surface area is 126 Å². The fourth-order valence-electron chi connectivity index (χ4n) is 1.83. The predicted octanol–water partition coefficient (Wildman–Crippen LogP) is 3.83. The van der Waals surface area contributed by atoms with E-state index in [1.54, 1.807) is 24.3 Å². The smallest absolute Gasteiger partial charge is 0.382 e. The molecule has 1 aliphatic rings. The summed E-state index contributed by atoms with van der Waals surface area (Å²) in [5.41, 5.74) is 0.814. The Hall–Kier alpha value is -2.46. The first-order valence-corrected chi connectivity index (χ1v) is 6.66. The van der Waals surface area contributed by atoms with Crippen molar-refractivity contribution >= 4 is 17.6 Å². The Kier molecular flexibility index (Phi) is 3.79. The summed E-state index contributed by atoms with van der Waals surface area (Å²) in [6, 6.07) is 16.0. The number of para-hydroxylation sites is 1. The summed E-state index contributed by atoms with van der Waals surface area (Å²) in [6.07, 6.45) is 0.608. The Morgan fingerprint density at radius 2 is 1.76 bits per heavy atom. The van der Waals surface area contributed by atoms with Crippen molar-refractivity contribution in [3.05, 3.63) is 77.2 Å². The van der Waals surface area contributed by atoms with Gasteiger partial charge < -0.3 is 14.2 Å². The third-order valence-corrected chi connectivity index (χ3v) is 3.16. The summed E-state index contributed by atoms with van der Waals surface area (Å²) in [6.45, 7) is 0. The van der Waals surface area contributed by atoms with Crippen LogP contribution in [-0.2, 0) is 14.3 Å². The van der Waals surface area contributed by atoms with Crippen molar-refractivity contribution < 1.29 is 19.0 Å². The molecule has 2 aromatic carbocycles. The molecule has 0 spiro atoms. The molecule has 2 aromatic rings. The maximum atomic E-state index is 12.0. The second kappa shape index (κ2) is 5.89. The lowest BCUT2D eigenvalue weighted by Gasteiger charge is -2.11. The fourth-order valence-corrected chi connectivity index (χ4v) is 2.00. The number of hydrogen-bond donors (Lipinski definition) is 0. The summed E-state index contributed by atoms with van der Waals surface area (Å²) in [4.78, 5) is 12.0. The van der Waals surface area contributed by atoms with Crippen LogP contribution in [0.15, 0.2) is 66.6 Å². The molecule has 0 radical (unpaired) electrons. The van der Waals surface area contributed by atoms with Crippen molar-refractivity contribution in [3.63, 3.8) is 0 Å². The van der Waals surface area contributed by atoms with Crippen molar-refractivity contribution in [2.45, 2.75) is 6.29 Å². The van der Waals surface area contributed by atoms with Crippen molar-refractivity contribution in [3.8, 4) is 5.75 Å². The Bertz CT molecular complexity index is 682. The van der Waals surface area contributed by atoms with E-state index in [1.807, 2.05) is 30.3 Å². The molecule has 0 bridgehead atoms. The van der Waals surface area contributed by atoms with Gasteiger partial charge in [0.15, 0.2) is 0 Å². The Morgan fingerprint density at radius 1 is 1.05 bits per heavy atom. The molecule has 0 aromatic heterocycles. The molecule has 0 N–H and O–H groups in total. The number of carbonyl (C=O) groups is 1. The number of rotatable bonds is 3. The molecule has 4 nitrogen and oxygen atoms in total. The van der Waals surface area contributed by atoms with Gasteiger partial charge in [0.05, 0.1) is 5.02 Å². The lowest BCUT2D eigenvalue weighted by molar-refractivity contribution is -0.136. The van der Waals surface area contributed by atoms with E-state index in [2.05, 4.69) is 0 Å². The number of ether oxygens (including phenoxy) is 3. The molecule has 1 heterocycles. The fraction of sp³-hybridized carbons (Fsp3) is 0.0625. The number of hydrogen-bond acceptors (Lipinski definition) is 4. The Morgan fingerprint density at radius 3 is 2.52 bits per heavy atom. The van der Waals surface area contributed by atoms with E-state index >= 15 is 0 Å². The van der Waals surface area contributed by atoms with Gasteiger partial charge in [0.25, 0.3) is 6.29 Å². The molecule has 0 amide bonds. The summed E-state index contributed by atoms with van der Waals surface area (Å²) < 4.78 is 15.9. The van der Waals surface area contributed by atoms with Gasteiger partial charge in [-0.3, -0.25) is 0 Å². The van der Waals surface area contributed by atoms with Crippen LogP contribution >= 0.6 is 11.6 Å². The lowest BCUT2D eigenvalue weighted by atomic mass is 10.2. The van der Waals surface area contributed by atoms with E-state index in [1.165, 1.54) is 6.26 Å². The third-order valence-electron chi connectivity index (χ3n) is 2.84. The molecule has 0 saturated carbocycles. The van der Waals surface area contributed by atoms with Gasteiger partial charge in [-0.15, -0.1) is 0 Å². The van der Waals surface area contributed by atoms with E-state index in [9.17, 15) is 4.79 Å². The van der Waals surface area contributed by atoms with E-state index in [0.29, 0.717) is 5.02 Å². The minimum Gasteiger partial charge on any atom is -0.454 e. The van der Waals surface area contributed by atoms with E-state index in [0.717, 1.165) is 5.56 Å². The summed E-state index contributed by atoms with van der Waals surface area (Å²) in [7, 11) is 0. The van der Waals surface area contributed by atoms with Gasteiger partial charge in [-0.1, -0.05) is 54.1 Å². The van der Waals surface area contributed by atoms with E-state index in [4.69, 9.17) is 25.8 Å². The van der Waals surface area contributed by atoms with Crippen LogP contribution in [0, 0.1) is 0 Å². The van der Waals surface area contributed by atoms with Gasteiger partial charge in [-0.25, -0.2) is 4.79 Å². The molecule has 0 saturated heterocycles. The topological polar surface area (TPSA) is 44.8 Å². The number of carbonyl (C=O) groups excluding carboxylic acids is 1. The number of halogens is 1. The average Bonchev–Trinajstić information content (AvgIpc) is 3.00. The van der Waals surface area contributed by atoms with Crippen LogP contribution in [0.5, 0.6) is 5.75 Å². The van der Waals surface area contributed by atoms with Gasteiger partial charge in [-0.2, -0.15) is 0 Å². The summed E-state index contributed by atoms with van der Waals surface area (Å²) >= 11 is 5.93. The quantitative estimate of drug-likeness (QED) is 0.638. The first kappa shape index (κ1) is 13.5. The first-order chi connectivity index (χ1) is 10.2. The average molecular weight is 303 g/mol. The highest BCUT2D eigenvalue weighted by Gasteiger charge is 2.27. The third kappa shape index (κ3) is 3.01. The highest BCUT2D eigenvalue weighted by molar-refractivity contribution is 6.32. The number of benzene rings is 2. The predicted molar refractivity (Wildman–Crippen MR) is 76.5 cm³/mol. The van der Waals surface area contributed by atoms with Crippen LogP contribution < -0.4 is 4.74 Å². The van der Waals surface area contributed by atoms with Crippen LogP contribution in [0.25, 0.3) is 0 Å². The van der Waals surface area contributed by atoms with Crippen LogP contribution in [-0.4, -0.2) is 5.97 Å². The summed E-state index contributed by atoms with van der Waals surface area (Å²) in [5.74, 6) is -0.373. The standard InChI is InChI=1S/C16H11ClO4/c17-12-8-4-5-9-13(12)20-15(18)14-10-19-16(21-14)11-6-2-1-3-7-11/h1-10,16H. The molecule has 21 heavy (non-hydrogen) atoms. The molecule has 1 unspecified atom stereocenters. The van der Waals surface area contributed by atoms with Gasteiger partial charge in [-0.05, 0) is 12.1 Å². The molecule has 1 atom stereocenters. The molecule has 1 aliphatic heterocycles. The van der Waals surface area contributed by atoms with Gasteiger partial charge >= 0.3 is 5.97 Å². The van der Waals surface area contributed by atoms with Crippen LogP contribution in [0.1, 0.15) is 11.9 Å². The normalized spacial score (nSPS) is 16.6. The second-order valence-electron chi connectivity index (χ2n) is 4.30. The van der Waals surface area contributed by atoms with Crippen molar-refractivity contribution in [2.75, 3.05) is 0 Å². The highest BCUT2D eigenvalue weighted by Crippen LogP contribution is 2.30. The van der Waals surface area contributed by atoms with Crippen LogP contribution in [0.4, 0.5) is 0 Å². The molecular formula is C16H11ClO4. The zero-order valence-electron chi connectivity index (χ0n) is 10.9. The van der Waals surface area contributed by atoms with Gasteiger partial charge in [0.1, 0.15) is 12.0 Å².